The molecule has 1 saturated carbocycles. The molecule has 2 nitrogen and oxygen atoms in total. The summed E-state index contributed by atoms with van der Waals surface area (Å²) in [7, 11) is 0. The van der Waals surface area contributed by atoms with Gasteiger partial charge in [-0.2, -0.15) is 0 Å². The summed E-state index contributed by atoms with van der Waals surface area (Å²) < 4.78 is 12.4. The summed E-state index contributed by atoms with van der Waals surface area (Å²) in [5, 5.41) is 0. The molecule has 56 valence electrons. The quantitative estimate of drug-likeness (QED) is 0.512. The molecule has 0 aromatic rings. The zero-order valence-electron chi connectivity index (χ0n) is 5.76. The van der Waals surface area contributed by atoms with Crippen LogP contribution in [0.5, 0.6) is 0 Å². The van der Waals surface area contributed by atoms with Crippen molar-refractivity contribution in [3.63, 3.8) is 0 Å². The number of Topliss-reactive ketones (excluding diaryl/α,β-unsaturated/α-hetero) is 2. The summed E-state index contributed by atoms with van der Waals surface area (Å²) in [5.74, 6) is -1.37. The minimum atomic E-state index is -1.38. The van der Waals surface area contributed by atoms with Gasteiger partial charge in [-0.05, 0) is 19.8 Å². The van der Waals surface area contributed by atoms with Crippen LogP contribution in [0.25, 0.3) is 0 Å². The second-order valence-corrected chi connectivity index (χ2v) is 2.61. The molecule has 3 heteroatoms. The summed E-state index contributed by atoms with van der Waals surface area (Å²) in [5.41, 5.74) is 0. The third kappa shape index (κ3) is 1.08. The van der Waals surface area contributed by atoms with Crippen LogP contribution < -0.4 is 0 Å². The molecule has 0 aromatic carbocycles. The van der Waals surface area contributed by atoms with Crippen LogP contribution in [-0.2, 0) is 9.59 Å². The molecule has 0 aromatic heterocycles. The van der Waals surface area contributed by atoms with Gasteiger partial charge in [0.15, 0.2) is 12.0 Å². The van der Waals surface area contributed by atoms with Gasteiger partial charge in [0.25, 0.3) is 0 Å². The van der Waals surface area contributed by atoms with Crippen molar-refractivity contribution < 1.29 is 14.0 Å². The van der Waals surface area contributed by atoms with Gasteiger partial charge >= 0.3 is 0 Å². The van der Waals surface area contributed by atoms with E-state index in [4.69, 9.17) is 0 Å². The number of hydrogen-bond donors (Lipinski definition) is 0. The first-order valence-corrected chi connectivity index (χ1v) is 3.31. The summed E-state index contributed by atoms with van der Waals surface area (Å²) >= 11 is 0. The highest BCUT2D eigenvalue weighted by Gasteiger charge is 2.36. The first kappa shape index (κ1) is 7.38. The maximum Gasteiger partial charge on any atom is 0.177 e. The molecule has 2 unspecified atom stereocenters. The van der Waals surface area contributed by atoms with Crippen LogP contribution in [0.15, 0.2) is 0 Å². The number of hydrogen-bond acceptors (Lipinski definition) is 2. The molecule has 1 aliphatic carbocycles. The van der Waals surface area contributed by atoms with E-state index >= 15 is 0 Å². The molecule has 0 spiro atoms. The van der Waals surface area contributed by atoms with Gasteiger partial charge in [-0.25, -0.2) is 4.39 Å². The fraction of sp³-hybridized carbons (Fsp3) is 0.714. The topological polar surface area (TPSA) is 34.1 Å². The minimum Gasteiger partial charge on any atom is -0.299 e. The van der Waals surface area contributed by atoms with Gasteiger partial charge in [-0.15, -0.1) is 0 Å². The van der Waals surface area contributed by atoms with Crippen LogP contribution in [0.2, 0.25) is 0 Å². The lowest BCUT2D eigenvalue weighted by Crippen LogP contribution is -2.20. The fourth-order valence-electron chi connectivity index (χ4n) is 1.22. The van der Waals surface area contributed by atoms with E-state index in [-0.39, 0.29) is 12.2 Å². The number of carbonyl (C=O) groups excluding carboxylic acids is 2. The molecule has 0 bridgehead atoms. The Bertz CT molecular complexity index is 176. The summed E-state index contributed by atoms with van der Waals surface area (Å²) in [6.45, 7) is 1.33. The van der Waals surface area contributed by atoms with Gasteiger partial charge in [-0.3, -0.25) is 9.59 Å². The molecule has 0 amide bonds. The normalized spacial score (nSPS) is 32.8. The fourth-order valence-corrected chi connectivity index (χ4v) is 1.22. The molecule has 2 atom stereocenters. The Hall–Kier alpha value is -0.730. The molecule has 1 fully saturated rings. The van der Waals surface area contributed by atoms with Crippen LogP contribution in [0.1, 0.15) is 19.8 Å². The maximum absolute atomic E-state index is 12.4. The Labute approximate surface area is 58.4 Å². The summed E-state index contributed by atoms with van der Waals surface area (Å²) in [4.78, 5) is 21.4. The molecular weight excluding hydrogens is 135 g/mol. The summed E-state index contributed by atoms with van der Waals surface area (Å²) in [6.07, 6.45) is -0.757. The van der Waals surface area contributed by atoms with Crippen molar-refractivity contribution in [3.8, 4) is 0 Å². The van der Waals surface area contributed by atoms with E-state index in [2.05, 4.69) is 0 Å². The first-order valence-electron chi connectivity index (χ1n) is 3.31. The van der Waals surface area contributed by atoms with Gasteiger partial charge in [0.1, 0.15) is 5.78 Å². The van der Waals surface area contributed by atoms with E-state index in [1.807, 2.05) is 0 Å². The van der Waals surface area contributed by atoms with Crippen molar-refractivity contribution in [3.05, 3.63) is 0 Å². The Morgan fingerprint density at radius 1 is 1.60 bits per heavy atom. The highest BCUT2D eigenvalue weighted by Crippen LogP contribution is 2.24. The zero-order chi connectivity index (χ0) is 7.72. The van der Waals surface area contributed by atoms with Gasteiger partial charge in [0.2, 0.25) is 0 Å². The maximum atomic E-state index is 12.4. The third-order valence-electron chi connectivity index (χ3n) is 1.85. The lowest BCUT2D eigenvalue weighted by molar-refractivity contribution is -0.131. The van der Waals surface area contributed by atoms with Crippen LogP contribution >= 0.6 is 0 Å². The summed E-state index contributed by atoms with van der Waals surface area (Å²) in [6, 6.07) is 0. The van der Waals surface area contributed by atoms with Crippen molar-refractivity contribution in [2.75, 3.05) is 0 Å². The average Bonchev–Trinajstić information content (AvgIpc) is 2.14. The van der Waals surface area contributed by atoms with Gasteiger partial charge in [-0.1, -0.05) is 0 Å². The zero-order valence-corrected chi connectivity index (χ0v) is 5.76. The van der Waals surface area contributed by atoms with Gasteiger partial charge in [0, 0.05) is 0 Å². The predicted molar refractivity (Wildman–Crippen MR) is 33.3 cm³/mol. The first-order chi connectivity index (χ1) is 4.63. The van der Waals surface area contributed by atoms with Crippen LogP contribution in [0.4, 0.5) is 4.39 Å². The molecule has 0 N–H and O–H groups in total. The molecule has 1 aliphatic rings. The average molecular weight is 144 g/mol. The van der Waals surface area contributed by atoms with Crippen LogP contribution in [-0.4, -0.2) is 17.7 Å². The van der Waals surface area contributed by atoms with Crippen molar-refractivity contribution in [2.45, 2.75) is 25.9 Å². The molecule has 0 aliphatic heterocycles. The SMILES string of the molecule is CC(=O)C1CCC(F)C1=O. The van der Waals surface area contributed by atoms with E-state index in [9.17, 15) is 14.0 Å². The molecule has 0 radical (unpaired) electrons. The Morgan fingerprint density at radius 2 is 2.20 bits per heavy atom. The Morgan fingerprint density at radius 3 is 2.40 bits per heavy atom. The number of carbonyl (C=O) groups is 2. The van der Waals surface area contributed by atoms with E-state index in [0.717, 1.165) is 0 Å². The van der Waals surface area contributed by atoms with E-state index in [0.29, 0.717) is 6.42 Å². The van der Waals surface area contributed by atoms with Crippen molar-refractivity contribution >= 4 is 11.6 Å². The van der Waals surface area contributed by atoms with Crippen molar-refractivity contribution in [2.24, 2.45) is 5.92 Å². The van der Waals surface area contributed by atoms with Crippen molar-refractivity contribution in [1.82, 2.24) is 0 Å². The number of rotatable bonds is 1. The standard InChI is InChI=1S/C7H9FO2/c1-4(9)5-2-3-6(8)7(5)10/h5-6H,2-3H2,1H3. The van der Waals surface area contributed by atoms with Gasteiger partial charge in [0.05, 0.1) is 5.92 Å². The highest BCUT2D eigenvalue weighted by molar-refractivity contribution is 6.04. The number of halogens is 1. The lowest BCUT2D eigenvalue weighted by atomic mass is 10.0. The lowest BCUT2D eigenvalue weighted by Gasteiger charge is -1.99. The Balaban J connectivity index is 2.66. The molecule has 0 saturated heterocycles. The monoisotopic (exact) mass is 144 g/mol. The van der Waals surface area contributed by atoms with E-state index in [1.165, 1.54) is 6.92 Å². The second kappa shape index (κ2) is 2.48. The number of alkyl halides is 1. The van der Waals surface area contributed by atoms with Crippen molar-refractivity contribution in [1.29, 1.82) is 0 Å². The predicted octanol–water partition coefficient (Wildman–Crippen LogP) is 0.893. The third-order valence-corrected chi connectivity index (χ3v) is 1.85. The van der Waals surface area contributed by atoms with Crippen LogP contribution in [0.3, 0.4) is 0 Å². The molecule has 1 rings (SSSR count). The largest absolute Gasteiger partial charge is 0.299 e. The van der Waals surface area contributed by atoms with Crippen LogP contribution in [0, 0.1) is 5.92 Å². The van der Waals surface area contributed by atoms with Gasteiger partial charge < -0.3 is 0 Å². The highest BCUT2D eigenvalue weighted by atomic mass is 19.1. The minimum absolute atomic E-state index is 0.204. The van der Waals surface area contributed by atoms with E-state index < -0.39 is 17.9 Å². The molecule has 10 heavy (non-hydrogen) atoms. The smallest absolute Gasteiger partial charge is 0.177 e. The van der Waals surface area contributed by atoms with E-state index in [1.54, 1.807) is 0 Å². The number of ketones is 2. The second-order valence-electron chi connectivity index (χ2n) is 2.61. The molecule has 0 heterocycles. The molecular formula is C7H9FO2. The Kier molecular flexibility index (Phi) is 1.83.